The van der Waals surface area contributed by atoms with Crippen LogP contribution in [0.25, 0.3) is 0 Å². The summed E-state index contributed by atoms with van der Waals surface area (Å²) in [4.78, 5) is 7.06. The van der Waals surface area contributed by atoms with E-state index in [0.717, 1.165) is 13.1 Å². The molecule has 0 spiro atoms. The Kier molecular flexibility index (Phi) is 3.01. The fraction of sp³-hybridized carbons (Fsp3) is 0.455. The van der Waals surface area contributed by atoms with Crippen molar-refractivity contribution in [3.8, 4) is 0 Å². The maximum atomic E-state index is 5.07. The van der Waals surface area contributed by atoms with E-state index in [4.69, 9.17) is 5.90 Å². The molecule has 3 nitrogen and oxygen atoms in total. The third-order valence-electron chi connectivity index (χ3n) is 2.74. The lowest BCUT2D eigenvalue weighted by Crippen LogP contribution is -2.21. The molecule has 76 valence electrons. The average molecular weight is 192 g/mol. The first-order chi connectivity index (χ1) is 6.90. The van der Waals surface area contributed by atoms with Crippen LogP contribution in [0.4, 0.5) is 5.69 Å². The van der Waals surface area contributed by atoms with Gasteiger partial charge in [-0.2, -0.15) is 0 Å². The average Bonchev–Trinajstić information content (AvgIpc) is 2.68. The number of nitrogens with zero attached hydrogens (tertiary/aromatic N) is 1. The molecular weight excluding hydrogens is 176 g/mol. The molecule has 2 N–H and O–H groups in total. The van der Waals surface area contributed by atoms with Crippen LogP contribution in [-0.2, 0) is 4.84 Å². The van der Waals surface area contributed by atoms with Crippen LogP contribution >= 0.6 is 0 Å². The van der Waals surface area contributed by atoms with E-state index in [0.29, 0.717) is 12.5 Å². The summed E-state index contributed by atoms with van der Waals surface area (Å²) in [5, 5.41) is 0. The fourth-order valence-corrected chi connectivity index (χ4v) is 1.98. The maximum absolute atomic E-state index is 5.07. The molecule has 0 amide bonds. The Labute approximate surface area is 84.4 Å². The van der Waals surface area contributed by atoms with Gasteiger partial charge in [-0.1, -0.05) is 18.2 Å². The van der Waals surface area contributed by atoms with E-state index in [2.05, 4.69) is 34.0 Å². The second-order valence-electron chi connectivity index (χ2n) is 3.77. The van der Waals surface area contributed by atoms with Gasteiger partial charge in [0.1, 0.15) is 0 Å². The van der Waals surface area contributed by atoms with Gasteiger partial charge in [-0.25, -0.2) is 5.90 Å². The Morgan fingerprint density at radius 1 is 1.36 bits per heavy atom. The largest absolute Gasteiger partial charge is 0.371 e. The van der Waals surface area contributed by atoms with E-state index >= 15 is 0 Å². The van der Waals surface area contributed by atoms with Gasteiger partial charge in [0.25, 0.3) is 0 Å². The lowest BCUT2D eigenvalue weighted by Gasteiger charge is -2.18. The van der Waals surface area contributed by atoms with Crippen molar-refractivity contribution in [1.82, 2.24) is 0 Å². The van der Waals surface area contributed by atoms with Crippen LogP contribution in [-0.4, -0.2) is 19.7 Å². The molecule has 1 aliphatic rings. The summed E-state index contributed by atoms with van der Waals surface area (Å²) in [5.41, 5.74) is 1.30. The zero-order chi connectivity index (χ0) is 9.80. The van der Waals surface area contributed by atoms with Crippen molar-refractivity contribution >= 4 is 5.69 Å². The number of rotatable bonds is 3. The van der Waals surface area contributed by atoms with E-state index in [-0.39, 0.29) is 0 Å². The predicted octanol–water partition coefficient (Wildman–Crippen LogP) is 1.40. The molecule has 0 saturated carbocycles. The van der Waals surface area contributed by atoms with Gasteiger partial charge in [-0.3, -0.25) is 0 Å². The van der Waals surface area contributed by atoms with Gasteiger partial charge in [-0.15, -0.1) is 0 Å². The summed E-state index contributed by atoms with van der Waals surface area (Å²) in [6.07, 6.45) is 1.17. The Bertz CT molecular complexity index is 276. The van der Waals surface area contributed by atoms with Crippen LogP contribution in [0, 0.1) is 5.92 Å². The zero-order valence-corrected chi connectivity index (χ0v) is 8.23. The molecule has 1 unspecified atom stereocenters. The van der Waals surface area contributed by atoms with Gasteiger partial charge >= 0.3 is 0 Å². The minimum absolute atomic E-state index is 0.584. The number of anilines is 1. The second kappa shape index (κ2) is 4.44. The molecule has 0 aromatic heterocycles. The zero-order valence-electron chi connectivity index (χ0n) is 8.23. The summed E-state index contributed by atoms with van der Waals surface area (Å²) in [6.45, 7) is 2.84. The molecule has 1 fully saturated rings. The Morgan fingerprint density at radius 3 is 2.86 bits per heavy atom. The molecule has 2 rings (SSSR count). The number of benzene rings is 1. The fourth-order valence-electron chi connectivity index (χ4n) is 1.98. The number of para-hydroxylation sites is 1. The summed E-state index contributed by atoms with van der Waals surface area (Å²) >= 11 is 0. The highest BCUT2D eigenvalue weighted by molar-refractivity contribution is 5.46. The number of hydrogen-bond donors (Lipinski definition) is 1. The first kappa shape index (κ1) is 9.49. The summed E-state index contributed by atoms with van der Waals surface area (Å²) in [7, 11) is 0. The van der Waals surface area contributed by atoms with Crippen molar-refractivity contribution in [3.05, 3.63) is 30.3 Å². The number of hydrogen-bond acceptors (Lipinski definition) is 3. The molecule has 1 aromatic rings. The Hall–Kier alpha value is -1.06. The molecule has 1 aromatic carbocycles. The summed E-state index contributed by atoms with van der Waals surface area (Å²) < 4.78 is 0. The van der Waals surface area contributed by atoms with Crippen LogP contribution in [0.3, 0.4) is 0 Å². The standard InChI is InChI=1S/C11H16N2O/c12-14-9-10-6-7-13(8-10)11-4-2-1-3-5-11/h1-5,10H,6-9,12H2. The minimum Gasteiger partial charge on any atom is -0.371 e. The summed E-state index contributed by atoms with van der Waals surface area (Å²) in [5.74, 6) is 5.66. The second-order valence-corrected chi connectivity index (χ2v) is 3.77. The van der Waals surface area contributed by atoms with E-state index in [1.165, 1.54) is 12.1 Å². The Balaban J connectivity index is 1.96. The van der Waals surface area contributed by atoms with Crippen molar-refractivity contribution in [2.45, 2.75) is 6.42 Å². The van der Waals surface area contributed by atoms with E-state index in [1.54, 1.807) is 0 Å². The first-order valence-corrected chi connectivity index (χ1v) is 5.02. The Morgan fingerprint density at radius 2 is 2.14 bits per heavy atom. The van der Waals surface area contributed by atoms with Crippen LogP contribution in [0.5, 0.6) is 0 Å². The monoisotopic (exact) mass is 192 g/mol. The summed E-state index contributed by atoms with van der Waals surface area (Å²) in [6, 6.07) is 10.5. The van der Waals surface area contributed by atoms with Gasteiger partial charge in [-0.05, 0) is 18.6 Å². The SMILES string of the molecule is NOCC1CCN(c2ccccc2)C1. The topological polar surface area (TPSA) is 38.5 Å². The number of nitrogens with two attached hydrogens (primary N) is 1. The van der Waals surface area contributed by atoms with Crippen molar-refractivity contribution in [2.24, 2.45) is 11.8 Å². The normalized spacial score (nSPS) is 21.5. The lowest BCUT2D eigenvalue weighted by molar-refractivity contribution is 0.108. The molecule has 0 bridgehead atoms. The van der Waals surface area contributed by atoms with Gasteiger partial charge in [0.2, 0.25) is 0 Å². The third kappa shape index (κ3) is 2.05. The third-order valence-corrected chi connectivity index (χ3v) is 2.74. The van der Waals surface area contributed by atoms with Crippen LogP contribution in [0.1, 0.15) is 6.42 Å². The molecule has 1 aliphatic heterocycles. The smallest absolute Gasteiger partial charge is 0.0724 e. The van der Waals surface area contributed by atoms with Crippen LogP contribution in [0.15, 0.2) is 30.3 Å². The maximum Gasteiger partial charge on any atom is 0.0724 e. The van der Waals surface area contributed by atoms with Crippen LogP contribution in [0.2, 0.25) is 0 Å². The molecule has 0 aliphatic carbocycles. The predicted molar refractivity (Wildman–Crippen MR) is 56.9 cm³/mol. The van der Waals surface area contributed by atoms with Gasteiger partial charge in [0, 0.05) is 24.7 Å². The first-order valence-electron chi connectivity index (χ1n) is 5.02. The van der Waals surface area contributed by atoms with Gasteiger partial charge in [0.15, 0.2) is 0 Å². The molecule has 14 heavy (non-hydrogen) atoms. The quantitative estimate of drug-likeness (QED) is 0.736. The van der Waals surface area contributed by atoms with Crippen molar-refractivity contribution in [2.75, 3.05) is 24.6 Å². The van der Waals surface area contributed by atoms with Crippen molar-refractivity contribution in [3.63, 3.8) is 0 Å². The minimum atomic E-state index is 0.584. The van der Waals surface area contributed by atoms with Crippen molar-refractivity contribution in [1.29, 1.82) is 0 Å². The molecule has 0 radical (unpaired) electrons. The van der Waals surface area contributed by atoms with E-state index < -0.39 is 0 Å². The van der Waals surface area contributed by atoms with E-state index in [1.807, 2.05) is 6.07 Å². The van der Waals surface area contributed by atoms with Crippen LogP contribution < -0.4 is 10.8 Å². The highest BCUT2D eigenvalue weighted by Gasteiger charge is 2.22. The molecular formula is C11H16N2O. The molecule has 1 saturated heterocycles. The highest BCUT2D eigenvalue weighted by atomic mass is 16.6. The van der Waals surface area contributed by atoms with E-state index in [9.17, 15) is 0 Å². The molecule has 1 heterocycles. The van der Waals surface area contributed by atoms with Crippen molar-refractivity contribution < 1.29 is 4.84 Å². The lowest BCUT2D eigenvalue weighted by atomic mass is 10.1. The van der Waals surface area contributed by atoms with Gasteiger partial charge < -0.3 is 9.74 Å². The molecule has 3 heteroatoms. The molecule has 1 atom stereocenters. The van der Waals surface area contributed by atoms with Gasteiger partial charge in [0.05, 0.1) is 6.61 Å². The highest BCUT2D eigenvalue weighted by Crippen LogP contribution is 2.23.